The molecule has 0 aliphatic heterocycles. The molecule has 0 heterocycles. The predicted molar refractivity (Wildman–Crippen MR) is 96.1 cm³/mol. The number of aliphatic hydroxyl groups excluding tert-OH is 1. The molecule has 0 fully saturated rings. The van der Waals surface area contributed by atoms with Gasteiger partial charge < -0.3 is 15.7 Å². The zero-order valence-electron chi connectivity index (χ0n) is 13.4. The molecule has 2 aromatic carbocycles. The summed E-state index contributed by atoms with van der Waals surface area (Å²) in [5, 5.41) is 15.2. The molecule has 122 valence electrons. The van der Waals surface area contributed by atoms with E-state index in [2.05, 4.69) is 10.6 Å². The standard InChI is InChI=1S/C18H22N2O2S/c1-13-8-9-16(23-2)11-17(13)20-18(22)19-15(12-21)10-14-6-4-3-5-7-14/h3-9,11,15,21H,10,12H2,1-2H3,(H2,19,20,22)/t15-/m1/s1. The van der Waals surface area contributed by atoms with Gasteiger partial charge in [-0.05, 0) is 42.9 Å². The molecule has 1 atom stereocenters. The first-order valence-electron chi connectivity index (χ1n) is 7.49. The van der Waals surface area contributed by atoms with Crippen LogP contribution in [0.3, 0.4) is 0 Å². The predicted octanol–water partition coefficient (Wildman–Crippen LogP) is 3.44. The van der Waals surface area contributed by atoms with E-state index in [1.165, 1.54) is 0 Å². The molecule has 0 radical (unpaired) electrons. The maximum atomic E-state index is 12.2. The van der Waals surface area contributed by atoms with Crippen LogP contribution in [0.5, 0.6) is 0 Å². The van der Waals surface area contributed by atoms with Crippen molar-refractivity contribution in [1.82, 2.24) is 5.32 Å². The van der Waals surface area contributed by atoms with E-state index in [0.717, 1.165) is 21.7 Å². The first-order valence-corrected chi connectivity index (χ1v) is 8.71. The molecular weight excluding hydrogens is 308 g/mol. The van der Waals surface area contributed by atoms with E-state index in [9.17, 15) is 9.90 Å². The number of anilines is 1. The largest absolute Gasteiger partial charge is 0.394 e. The van der Waals surface area contributed by atoms with Crippen LogP contribution < -0.4 is 10.6 Å². The molecule has 0 saturated carbocycles. The average molecular weight is 330 g/mol. The molecule has 0 aliphatic carbocycles. The normalized spacial score (nSPS) is 11.8. The van der Waals surface area contributed by atoms with Crippen molar-refractivity contribution in [2.45, 2.75) is 24.3 Å². The van der Waals surface area contributed by atoms with Crippen molar-refractivity contribution in [3.63, 3.8) is 0 Å². The van der Waals surface area contributed by atoms with Gasteiger partial charge >= 0.3 is 6.03 Å². The summed E-state index contributed by atoms with van der Waals surface area (Å²) in [5.74, 6) is 0. The Hall–Kier alpha value is -1.98. The summed E-state index contributed by atoms with van der Waals surface area (Å²) in [6.45, 7) is 1.85. The molecule has 3 N–H and O–H groups in total. The fourth-order valence-corrected chi connectivity index (χ4v) is 2.71. The van der Waals surface area contributed by atoms with Crippen molar-refractivity contribution in [1.29, 1.82) is 0 Å². The van der Waals surface area contributed by atoms with Gasteiger partial charge in [0.15, 0.2) is 0 Å². The molecule has 0 aromatic heterocycles. The van der Waals surface area contributed by atoms with Gasteiger partial charge in [-0.25, -0.2) is 4.79 Å². The number of aryl methyl sites for hydroxylation is 1. The van der Waals surface area contributed by atoms with Crippen molar-refractivity contribution >= 4 is 23.5 Å². The summed E-state index contributed by atoms with van der Waals surface area (Å²) in [4.78, 5) is 13.3. The van der Waals surface area contributed by atoms with Crippen LogP contribution in [-0.4, -0.2) is 30.0 Å². The molecule has 5 heteroatoms. The molecule has 0 spiro atoms. The van der Waals surface area contributed by atoms with Crippen LogP contribution in [-0.2, 0) is 6.42 Å². The summed E-state index contributed by atoms with van der Waals surface area (Å²) < 4.78 is 0. The van der Waals surface area contributed by atoms with Crippen LogP contribution >= 0.6 is 11.8 Å². The molecule has 2 amide bonds. The second-order valence-corrected chi connectivity index (χ2v) is 6.23. The summed E-state index contributed by atoms with van der Waals surface area (Å²) >= 11 is 1.63. The van der Waals surface area contributed by atoms with Crippen molar-refractivity contribution < 1.29 is 9.90 Å². The van der Waals surface area contributed by atoms with Gasteiger partial charge in [-0.3, -0.25) is 0 Å². The smallest absolute Gasteiger partial charge is 0.319 e. The fourth-order valence-electron chi connectivity index (χ4n) is 2.27. The van der Waals surface area contributed by atoms with E-state index in [1.54, 1.807) is 11.8 Å². The Balaban J connectivity index is 1.97. The molecule has 0 saturated heterocycles. The monoisotopic (exact) mass is 330 g/mol. The molecule has 4 nitrogen and oxygen atoms in total. The number of carbonyl (C=O) groups is 1. The van der Waals surface area contributed by atoms with E-state index in [1.807, 2.05) is 61.7 Å². The Labute approximate surface area is 141 Å². The lowest BCUT2D eigenvalue weighted by atomic mass is 10.1. The molecule has 2 rings (SSSR count). The van der Waals surface area contributed by atoms with Crippen LogP contribution in [0.4, 0.5) is 10.5 Å². The van der Waals surface area contributed by atoms with E-state index < -0.39 is 0 Å². The van der Waals surface area contributed by atoms with E-state index in [-0.39, 0.29) is 18.7 Å². The maximum Gasteiger partial charge on any atom is 0.319 e. The van der Waals surface area contributed by atoms with Gasteiger partial charge in [-0.2, -0.15) is 0 Å². The number of thioether (sulfide) groups is 1. The molecule has 0 aliphatic rings. The Morgan fingerprint density at radius 3 is 2.61 bits per heavy atom. The van der Waals surface area contributed by atoms with Gasteiger partial charge in [0.25, 0.3) is 0 Å². The average Bonchev–Trinajstić information content (AvgIpc) is 2.57. The third-order valence-corrected chi connectivity index (χ3v) is 4.30. The molecule has 0 bridgehead atoms. The number of benzene rings is 2. The van der Waals surface area contributed by atoms with Gasteiger partial charge in [-0.15, -0.1) is 11.8 Å². The highest BCUT2D eigenvalue weighted by Crippen LogP contribution is 2.22. The van der Waals surface area contributed by atoms with E-state index >= 15 is 0 Å². The highest BCUT2D eigenvalue weighted by atomic mass is 32.2. The van der Waals surface area contributed by atoms with Gasteiger partial charge in [0.2, 0.25) is 0 Å². The Morgan fingerprint density at radius 2 is 1.96 bits per heavy atom. The van der Waals surface area contributed by atoms with Crippen LogP contribution in [0.15, 0.2) is 53.4 Å². The number of urea groups is 1. The SMILES string of the molecule is CSc1ccc(C)c(NC(=O)N[C@@H](CO)Cc2ccccc2)c1. The van der Waals surface area contributed by atoms with Crippen LogP contribution in [0.25, 0.3) is 0 Å². The zero-order valence-corrected chi connectivity index (χ0v) is 14.2. The summed E-state index contributed by atoms with van der Waals surface area (Å²) in [7, 11) is 0. The first-order chi connectivity index (χ1) is 11.1. The number of nitrogens with one attached hydrogen (secondary N) is 2. The maximum absolute atomic E-state index is 12.2. The van der Waals surface area contributed by atoms with E-state index in [4.69, 9.17) is 0 Å². The van der Waals surface area contributed by atoms with Crippen LogP contribution in [0.1, 0.15) is 11.1 Å². The summed E-state index contributed by atoms with van der Waals surface area (Å²) in [6, 6.07) is 15.1. The van der Waals surface area contributed by atoms with Gasteiger partial charge in [-0.1, -0.05) is 36.4 Å². The third kappa shape index (κ3) is 5.30. The lowest BCUT2D eigenvalue weighted by Gasteiger charge is -2.18. The van der Waals surface area contributed by atoms with Gasteiger partial charge in [0.1, 0.15) is 0 Å². The van der Waals surface area contributed by atoms with Crippen molar-refractivity contribution in [3.05, 3.63) is 59.7 Å². The number of hydrogen-bond donors (Lipinski definition) is 3. The minimum atomic E-state index is -0.318. The van der Waals surface area contributed by atoms with Gasteiger partial charge in [0, 0.05) is 10.6 Å². The summed E-state index contributed by atoms with van der Waals surface area (Å²) in [6.07, 6.45) is 2.59. The van der Waals surface area contributed by atoms with E-state index in [0.29, 0.717) is 6.42 Å². The topological polar surface area (TPSA) is 61.4 Å². The zero-order chi connectivity index (χ0) is 16.7. The quantitative estimate of drug-likeness (QED) is 0.711. The van der Waals surface area contributed by atoms with Crippen molar-refractivity contribution in [2.75, 3.05) is 18.2 Å². The molecular formula is C18H22N2O2S. The fraction of sp³-hybridized carbons (Fsp3) is 0.278. The first kappa shape index (κ1) is 17.4. The Bertz CT molecular complexity index is 647. The highest BCUT2D eigenvalue weighted by molar-refractivity contribution is 7.98. The summed E-state index contributed by atoms with van der Waals surface area (Å²) in [5.41, 5.74) is 2.86. The molecule has 23 heavy (non-hydrogen) atoms. The van der Waals surface area contributed by atoms with Crippen molar-refractivity contribution in [2.24, 2.45) is 0 Å². The molecule has 0 unspecified atom stereocenters. The third-order valence-electron chi connectivity index (χ3n) is 3.57. The van der Waals surface area contributed by atoms with Crippen molar-refractivity contribution in [3.8, 4) is 0 Å². The van der Waals surface area contributed by atoms with Gasteiger partial charge in [0.05, 0.1) is 12.6 Å². The number of hydrogen-bond acceptors (Lipinski definition) is 3. The van der Waals surface area contributed by atoms with Crippen LogP contribution in [0, 0.1) is 6.92 Å². The lowest BCUT2D eigenvalue weighted by Crippen LogP contribution is -2.41. The number of carbonyl (C=O) groups excluding carboxylic acids is 1. The Morgan fingerprint density at radius 1 is 1.22 bits per heavy atom. The lowest BCUT2D eigenvalue weighted by molar-refractivity contribution is 0.224. The minimum absolute atomic E-state index is 0.105. The highest BCUT2D eigenvalue weighted by Gasteiger charge is 2.13. The minimum Gasteiger partial charge on any atom is -0.394 e. The second-order valence-electron chi connectivity index (χ2n) is 5.35. The Kier molecular flexibility index (Phi) is 6.50. The molecule has 2 aromatic rings. The van der Waals surface area contributed by atoms with Crippen LogP contribution in [0.2, 0.25) is 0 Å². The number of aliphatic hydroxyl groups is 1. The number of rotatable bonds is 6. The second kappa shape index (κ2) is 8.60. The number of amides is 2.